The Labute approximate surface area is 150 Å². The number of ether oxygens (including phenoxy) is 4. The molecule has 2 saturated heterocycles. The van der Waals surface area contributed by atoms with E-state index in [0.717, 1.165) is 0 Å². The van der Waals surface area contributed by atoms with Gasteiger partial charge >= 0.3 is 0 Å². The van der Waals surface area contributed by atoms with Crippen LogP contribution in [-0.4, -0.2) is 117 Å². The molecule has 0 aromatic rings. The summed E-state index contributed by atoms with van der Waals surface area (Å²) in [4.78, 5) is 0. The monoisotopic (exact) mass is 384 g/mol. The average Bonchev–Trinajstić information content (AvgIpc) is 2.65. The van der Waals surface area contributed by atoms with Crippen LogP contribution in [0.3, 0.4) is 0 Å². The molecule has 7 N–H and O–H groups in total. The van der Waals surface area contributed by atoms with Gasteiger partial charge in [-0.25, -0.2) is 0 Å². The smallest absolute Gasteiger partial charge is 0.221 e. The van der Waals surface area contributed by atoms with Crippen LogP contribution in [0.2, 0.25) is 0 Å². The molecule has 0 aliphatic carbocycles. The van der Waals surface area contributed by atoms with E-state index in [0.29, 0.717) is 6.42 Å². The summed E-state index contributed by atoms with van der Waals surface area (Å²) < 4.78 is 21.3. The minimum Gasteiger partial charge on any atom is -0.394 e. The van der Waals surface area contributed by atoms with Crippen LogP contribution < -0.4 is 0 Å². The van der Waals surface area contributed by atoms with E-state index in [2.05, 4.69) is 0 Å². The number of hydrogen-bond acceptors (Lipinski definition) is 11. The van der Waals surface area contributed by atoms with Gasteiger partial charge in [-0.05, 0) is 6.42 Å². The molecule has 0 amide bonds. The van der Waals surface area contributed by atoms with Crippen molar-refractivity contribution in [2.24, 2.45) is 0 Å². The highest BCUT2D eigenvalue weighted by Crippen LogP contribution is 2.31. The Bertz CT molecular complexity index is 436. The van der Waals surface area contributed by atoms with Gasteiger partial charge in [-0.15, -0.1) is 0 Å². The first-order valence-corrected chi connectivity index (χ1v) is 8.52. The van der Waals surface area contributed by atoms with Crippen molar-refractivity contribution in [2.75, 3.05) is 26.4 Å². The summed E-state index contributed by atoms with van der Waals surface area (Å²) in [5.41, 5.74) is 0. The average molecular weight is 384 g/mol. The van der Waals surface area contributed by atoms with Gasteiger partial charge in [-0.3, -0.25) is 0 Å². The fourth-order valence-electron chi connectivity index (χ4n) is 2.93. The Balaban J connectivity index is 2.04. The number of rotatable bonds is 7. The summed E-state index contributed by atoms with van der Waals surface area (Å²) in [6.07, 6.45) is -11.3. The zero-order valence-electron chi connectivity index (χ0n) is 14.4. The van der Waals surface area contributed by atoms with E-state index in [1.165, 1.54) is 0 Å². The Morgan fingerprint density at radius 2 is 1.69 bits per heavy atom. The third-order valence-electron chi connectivity index (χ3n) is 4.58. The maximum Gasteiger partial charge on any atom is 0.221 e. The lowest BCUT2D eigenvalue weighted by atomic mass is 9.96. The van der Waals surface area contributed by atoms with E-state index in [-0.39, 0.29) is 13.2 Å². The van der Waals surface area contributed by atoms with E-state index in [9.17, 15) is 35.7 Å². The van der Waals surface area contributed by atoms with E-state index in [1.807, 2.05) is 6.92 Å². The molecule has 2 aliphatic heterocycles. The Hall–Kier alpha value is -0.440. The third kappa shape index (κ3) is 4.18. The van der Waals surface area contributed by atoms with Gasteiger partial charge in [0.2, 0.25) is 5.79 Å². The Kier molecular flexibility index (Phi) is 7.71. The van der Waals surface area contributed by atoms with Crippen LogP contribution in [-0.2, 0) is 18.9 Å². The molecule has 2 aliphatic rings. The maximum atomic E-state index is 10.3. The number of hydrogen-bond donors (Lipinski definition) is 7. The largest absolute Gasteiger partial charge is 0.394 e. The van der Waals surface area contributed by atoms with Crippen molar-refractivity contribution in [1.82, 2.24) is 0 Å². The molecular weight excluding hydrogens is 356 g/mol. The first kappa shape index (κ1) is 21.9. The summed E-state index contributed by atoms with van der Waals surface area (Å²) >= 11 is 0. The molecule has 0 radical (unpaired) electrons. The summed E-state index contributed by atoms with van der Waals surface area (Å²) in [6, 6.07) is 0. The van der Waals surface area contributed by atoms with Crippen LogP contribution in [0.15, 0.2) is 0 Å². The van der Waals surface area contributed by atoms with Crippen LogP contribution in [0.5, 0.6) is 0 Å². The number of aliphatic hydroxyl groups is 7. The summed E-state index contributed by atoms with van der Waals surface area (Å²) in [6.45, 7) is 0.370. The SMILES string of the molecule is CCCO[C@]1(CO)OC[C@@H](O[C@H]2O[C@H](CO)[C@@H](O)[C@H](O)[C@H]2O)[C@@H](O)[C@@H]1O. The molecular formula is C15H28O11. The van der Waals surface area contributed by atoms with Crippen molar-refractivity contribution in [1.29, 1.82) is 0 Å². The van der Waals surface area contributed by atoms with Crippen LogP contribution in [0.25, 0.3) is 0 Å². The standard InChI is InChI=1S/C15H28O11/c1-2-3-23-15(6-17)13(22)10(19)8(5-24-15)26-14-12(21)11(20)9(18)7(4-16)25-14/h7-14,16-22H,2-6H2,1H3/t7-,8-,9-,10-,11+,12-,13+,14-,15-/m1/s1. The van der Waals surface area contributed by atoms with Crippen molar-refractivity contribution in [3.8, 4) is 0 Å². The van der Waals surface area contributed by atoms with Gasteiger partial charge < -0.3 is 54.7 Å². The van der Waals surface area contributed by atoms with Crippen molar-refractivity contribution < 1.29 is 54.7 Å². The minimum absolute atomic E-state index is 0.183. The second kappa shape index (κ2) is 9.17. The van der Waals surface area contributed by atoms with E-state index in [1.54, 1.807) is 0 Å². The van der Waals surface area contributed by atoms with Crippen molar-refractivity contribution in [3.63, 3.8) is 0 Å². The zero-order valence-corrected chi connectivity index (χ0v) is 14.4. The maximum absolute atomic E-state index is 10.3. The molecule has 0 aromatic heterocycles. The van der Waals surface area contributed by atoms with Gasteiger partial charge in [-0.1, -0.05) is 6.92 Å². The highest BCUT2D eigenvalue weighted by atomic mass is 16.7. The van der Waals surface area contributed by atoms with Gasteiger partial charge in [0.15, 0.2) is 6.29 Å². The van der Waals surface area contributed by atoms with E-state index in [4.69, 9.17) is 18.9 Å². The second-order valence-corrected chi connectivity index (χ2v) is 6.44. The highest BCUT2D eigenvalue weighted by Gasteiger charge is 2.53. The molecule has 11 nitrogen and oxygen atoms in total. The van der Waals surface area contributed by atoms with Crippen molar-refractivity contribution in [2.45, 2.75) is 68.1 Å². The molecule has 26 heavy (non-hydrogen) atoms. The van der Waals surface area contributed by atoms with Crippen molar-refractivity contribution in [3.05, 3.63) is 0 Å². The van der Waals surface area contributed by atoms with Gasteiger partial charge in [0.05, 0.1) is 13.2 Å². The van der Waals surface area contributed by atoms with E-state index >= 15 is 0 Å². The van der Waals surface area contributed by atoms with Crippen LogP contribution in [0, 0.1) is 0 Å². The second-order valence-electron chi connectivity index (χ2n) is 6.44. The molecule has 2 fully saturated rings. The summed E-state index contributed by atoms with van der Waals surface area (Å²) in [7, 11) is 0. The zero-order chi connectivity index (χ0) is 19.5. The van der Waals surface area contributed by atoms with Gasteiger partial charge in [0, 0.05) is 6.61 Å². The molecule has 2 rings (SSSR count). The van der Waals surface area contributed by atoms with Gasteiger partial charge in [0.1, 0.15) is 49.3 Å². The van der Waals surface area contributed by atoms with Crippen LogP contribution >= 0.6 is 0 Å². The third-order valence-corrected chi connectivity index (χ3v) is 4.58. The number of aliphatic hydroxyl groups excluding tert-OH is 7. The Morgan fingerprint density at radius 3 is 2.27 bits per heavy atom. The highest BCUT2D eigenvalue weighted by molar-refractivity contribution is 4.95. The molecule has 9 atom stereocenters. The lowest BCUT2D eigenvalue weighted by molar-refractivity contribution is -0.376. The fraction of sp³-hybridized carbons (Fsp3) is 1.00. The molecule has 0 saturated carbocycles. The Morgan fingerprint density at radius 1 is 1.00 bits per heavy atom. The molecule has 154 valence electrons. The van der Waals surface area contributed by atoms with Gasteiger partial charge in [0.25, 0.3) is 0 Å². The van der Waals surface area contributed by atoms with Crippen LogP contribution in [0.4, 0.5) is 0 Å². The lowest BCUT2D eigenvalue weighted by Crippen LogP contribution is -2.66. The summed E-state index contributed by atoms with van der Waals surface area (Å²) in [5.74, 6) is -1.80. The molecule has 0 spiro atoms. The lowest BCUT2D eigenvalue weighted by Gasteiger charge is -2.47. The minimum atomic E-state index is -1.80. The molecule has 0 unspecified atom stereocenters. The molecule has 11 heteroatoms. The molecule has 0 aromatic carbocycles. The van der Waals surface area contributed by atoms with Crippen molar-refractivity contribution >= 4 is 0 Å². The first-order chi connectivity index (χ1) is 12.3. The molecule has 0 bridgehead atoms. The topological polar surface area (TPSA) is 179 Å². The van der Waals surface area contributed by atoms with E-state index < -0.39 is 68.0 Å². The predicted octanol–water partition coefficient (Wildman–Crippen LogP) is -3.96. The summed E-state index contributed by atoms with van der Waals surface area (Å²) in [5, 5.41) is 68.8. The quantitative estimate of drug-likeness (QED) is 0.228. The van der Waals surface area contributed by atoms with Gasteiger partial charge in [-0.2, -0.15) is 0 Å². The normalized spacial score (nSPS) is 47.1. The van der Waals surface area contributed by atoms with Crippen LogP contribution in [0.1, 0.15) is 13.3 Å². The first-order valence-electron chi connectivity index (χ1n) is 8.52. The molecule has 2 heterocycles. The predicted molar refractivity (Wildman–Crippen MR) is 82.7 cm³/mol. The fourth-order valence-corrected chi connectivity index (χ4v) is 2.93.